The Kier molecular flexibility index (Phi) is 13.5. The molecule has 0 rings (SSSR count). The molecular weight excluding hydrogens is 292 g/mol. The van der Waals surface area contributed by atoms with Crippen molar-refractivity contribution in [2.45, 2.75) is 85.2 Å². The van der Waals surface area contributed by atoms with Gasteiger partial charge >= 0.3 is 11.9 Å². The molecule has 1 unspecified atom stereocenters. The number of ether oxygens (including phenoxy) is 2. The van der Waals surface area contributed by atoms with Crippen molar-refractivity contribution >= 4 is 11.9 Å². The highest BCUT2D eigenvalue weighted by molar-refractivity contribution is 5.91. The average Bonchev–Trinajstić information content (AvgIpc) is 2.52. The minimum absolute atomic E-state index is 0.115. The monoisotopic (exact) mass is 326 g/mol. The lowest BCUT2D eigenvalue weighted by Crippen LogP contribution is -2.21. The Hall–Kier alpha value is -1.32. The topological polar surface area (TPSA) is 52.6 Å². The maximum absolute atomic E-state index is 11.6. The zero-order valence-electron chi connectivity index (χ0n) is 15.3. The number of carbonyl (C=O) groups is 2. The Balaban J connectivity index is 3.74. The second-order valence-electron chi connectivity index (χ2n) is 6.25. The minimum Gasteiger partial charge on any atom is -0.463 e. The molecule has 0 bridgehead atoms. The summed E-state index contributed by atoms with van der Waals surface area (Å²) in [5, 5.41) is 0. The molecule has 0 aromatic rings. The van der Waals surface area contributed by atoms with Crippen LogP contribution in [0.3, 0.4) is 0 Å². The molecule has 0 aliphatic rings. The minimum atomic E-state index is -0.488. The summed E-state index contributed by atoms with van der Waals surface area (Å²) >= 11 is 0. The third-order valence-corrected chi connectivity index (χ3v) is 3.76. The molecule has 0 aliphatic carbocycles. The Morgan fingerprint density at radius 3 is 2.00 bits per heavy atom. The summed E-state index contributed by atoms with van der Waals surface area (Å²) in [6, 6.07) is 0. The van der Waals surface area contributed by atoms with Crippen molar-refractivity contribution in [3.63, 3.8) is 0 Å². The Labute approximate surface area is 141 Å². The largest absolute Gasteiger partial charge is 0.463 e. The Bertz CT molecular complexity index is 347. The quantitative estimate of drug-likeness (QED) is 0.277. The van der Waals surface area contributed by atoms with Crippen LogP contribution in [0.5, 0.6) is 0 Å². The van der Waals surface area contributed by atoms with Gasteiger partial charge in [0.2, 0.25) is 0 Å². The SMILES string of the molecule is CCCCCCCCCOC(=O)/C=C/C(=O)OC(CC)C(C)C. The van der Waals surface area contributed by atoms with Gasteiger partial charge in [-0.15, -0.1) is 0 Å². The van der Waals surface area contributed by atoms with Crippen LogP contribution in [0.25, 0.3) is 0 Å². The van der Waals surface area contributed by atoms with E-state index in [1.165, 1.54) is 32.1 Å². The summed E-state index contributed by atoms with van der Waals surface area (Å²) in [4.78, 5) is 23.1. The summed E-state index contributed by atoms with van der Waals surface area (Å²) in [7, 11) is 0. The molecule has 4 nitrogen and oxygen atoms in total. The molecule has 0 saturated heterocycles. The van der Waals surface area contributed by atoms with Gasteiger partial charge in [0.15, 0.2) is 0 Å². The Morgan fingerprint density at radius 2 is 1.43 bits per heavy atom. The first-order valence-electron chi connectivity index (χ1n) is 9.06. The van der Waals surface area contributed by atoms with E-state index in [0.717, 1.165) is 31.4 Å². The number of unbranched alkanes of at least 4 members (excludes halogenated alkanes) is 6. The number of esters is 2. The summed E-state index contributed by atoms with van der Waals surface area (Å²) in [6.45, 7) is 8.59. The lowest BCUT2D eigenvalue weighted by molar-refractivity contribution is -0.146. The van der Waals surface area contributed by atoms with Crippen LogP contribution in [0.2, 0.25) is 0 Å². The molecule has 0 amide bonds. The summed E-state index contributed by atoms with van der Waals surface area (Å²) in [6.07, 6.45) is 11.2. The van der Waals surface area contributed by atoms with Crippen LogP contribution in [0.1, 0.15) is 79.1 Å². The molecule has 134 valence electrons. The number of hydrogen-bond acceptors (Lipinski definition) is 4. The van der Waals surface area contributed by atoms with Crippen LogP contribution in [0, 0.1) is 5.92 Å². The van der Waals surface area contributed by atoms with E-state index in [1.54, 1.807) is 0 Å². The van der Waals surface area contributed by atoms with E-state index in [4.69, 9.17) is 9.47 Å². The normalized spacial score (nSPS) is 12.6. The third kappa shape index (κ3) is 12.9. The van der Waals surface area contributed by atoms with E-state index >= 15 is 0 Å². The second-order valence-corrected chi connectivity index (χ2v) is 6.25. The fourth-order valence-electron chi connectivity index (χ4n) is 2.30. The molecule has 0 aromatic heterocycles. The van der Waals surface area contributed by atoms with Gasteiger partial charge in [-0.2, -0.15) is 0 Å². The number of carbonyl (C=O) groups excluding carboxylic acids is 2. The highest BCUT2D eigenvalue weighted by atomic mass is 16.5. The molecule has 1 atom stereocenters. The van der Waals surface area contributed by atoms with Crippen molar-refractivity contribution in [3.05, 3.63) is 12.2 Å². The first-order chi connectivity index (χ1) is 11.0. The van der Waals surface area contributed by atoms with Gasteiger partial charge in [-0.05, 0) is 18.8 Å². The first kappa shape index (κ1) is 21.7. The van der Waals surface area contributed by atoms with E-state index in [9.17, 15) is 9.59 Å². The van der Waals surface area contributed by atoms with Gasteiger partial charge in [0.1, 0.15) is 6.10 Å². The molecule has 0 aromatic carbocycles. The van der Waals surface area contributed by atoms with E-state index in [-0.39, 0.29) is 12.0 Å². The zero-order valence-corrected chi connectivity index (χ0v) is 15.3. The molecule has 0 N–H and O–H groups in total. The number of rotatable bonds is 13. The van der Waals surface area contributed by atoms with E-state index < -0.39 is 11.9 Å². The maximum atomic E-state index is 11.6. The van der Waals surface area contributed by atoms with Crippen LogP contribution in [-0.2, 0) is 19.1 Å². The molecule has 0 heterocycles. The third-order valence-electron chi connectivity index (χ3n) is 3.76. The highest BCUT2D eigenvalue weighted by Crippen LogP contribution is 2.10. The molecule has 0 aliphatic heterocycles. The van der Waals surface area contributed by atoms with Crippen molar-refractivity contribution in [3.8, 4) is 0 Å². The van der Waals surface area contributed by atoms with Crippen molar-refractivity contribution in [2.75, 3.05) is 6.61 Å². The van der Waals surface area contributed by atoms with Gasteiger partial charge in [0.25, 0.3) is 0 Å². The molecule has 0 radical (unpaired) electrons. The molecule has 0 spiro atoms. The number of hydrogen-bond donors (Lipinski definition) is 0. The average molecular weight is 326 g/mol. The van der Waals surface area contributed by atoms with Gasteiger partial charge < -0.3 is 9.47 Å². The first-order valence-corrected chi connectivity index (χ1v) is 9.06. The molecule has 23 heavy (non-hydrogen) atoms. The summed E-state index contributed by atoms with van der Waals surface area (Å²) in [5.41, 5.74) is 0. The Morgan fingerprint density at radius 1 is 0.870 bits per heavy atom. The van der Waals surface area contributed by atoms with Gasteiger partial charge in [0.05, 0.1) is 6.61 Å². The lowest BCUT2D eigenvalue weighted by Gasteiger charge is -2.18. The van der Waals surface area contributed by atoms with Gasteiger partial charge in [0, 0.05) is 12.2 Å². The van der Waals surface area contributed by atoms with Crippen molar-refractivity contribution < 1.29 is 19.1 Å². The van der Waals surface area contributed by atoms with Crippen molar-refractivity contribution in [2.24, 2.45) is 5.92 Å². The second kappa shape index (κ2) is 14.3. The van der Waals surface area contributed by atoms with E-state index in [1.807, 2.05) is 20.8 Å². The van der Waals surface area contributed by atoms with Gasteiger partial charge in [-0.25, -0.2) is 9.59 Å². The fraction of sp³-hybridized carbons (Fsp3) is 0.789. The van der Waals surface area contributed by atoms with Crippen LogP contribution >= 0.6 is 0 Å². The zero-order chi connectivity index (χ0) is 17.5. The fourth-order valence-corrected chi connectivity index (χ4v) is 2.30. The standard InChI is InChI=1S/C19H34O4/c1-5-7-8-9-10-11-12-15-22-18(20)13-14-19(21)23-17(6-2)16(3)4/h13-14,16-17H,5-12,15H2,1-4H3/b14-13+. The highest BCUT2D eigenvalue weighted by Gasteiger charge is 2.14. The maximum Gasteiger partial charge on any atom is 0.331 e. The van der Waals surface area contributed by atoms with Crippen LogP contribution < -0.4 is 0 Å². The molecular formula is C19H34O4. The van der Waals surface area contributed by atoms with Crippen molar-refractivity contribution in [1.29, 1.82) is 0 Å². The predicted molar refractivity (Wildman–Crippen MR) is 93.1 cm³/mol. The van der Waals surface area contributed by atoms with Gasteiger partial charge in [-0.3, -0.25) is 0 Å². The summed E-state index contributed by atoms with van der Waals surface area (Å²) in [5.74, 6) is -0.703. The lowest BCUT2D eigenvalue weighted by atomic mass is 10.1. The molecule has 0 saturated carbocycles. The molecule has 0 fully saturated rings. The van der Waals surface area contributed by atoms with Crippen LogP contribution in [0.4, 0.5) is 0 Å². The van der Waals surface area contributed by atoms with Gasteiger partial charge in [-0.1, -0.05) is 66.2 Å². The van der Waals surface area contributed by atoms with Crippen molar-refractivity contribution in [1.82, 2.24) is 0 Å². The van der Waals surface area contributed by atoms with Crippen LogP contribution in [0.15, 0.2) is 12.2 Å². The van der Waals surface area contributed by atoms with E-state index in [0.29, 0.717) is 6.61 Å². The predicted octanol–water partition coefficient (Wildman–Crippen LogP) is 4.81. The van der Waals surface area contributed by atoms with Crippen LogP contribution in [-0.4, -0.2) is 24.6 Å². The smallest absolute Gasteiger partial charge is 0.331 e. The molecule has 4 heteroatoms. The summed E-state index contributed by atoms with van der Waals surface area (Å²) < 4.78 is 10.3. The van der Waals surface area contributed by atoms with E-state index in [2.05, 4.69) is 6.92 Å².